The molecule has 5 heteroatoms. The van der Waals surface area contributed by atoms with Gasteiger partial charge in [-0.05, 0) is 6.07 Å². The quantitative estimate of drug-likeness (QED) is 0.619. The number of anilines is 1. The summed E-state index contributed by atoms with van der Waals surface area (Å²) < 4.78 is 10.2. The summed E-state index contributed by atoms with van der Waals surface area (Å²) in [5.41, 5.74) is 0.936. The summed E-state index contributed by atoms with van der Waals surface area (Å²) in [5, 5.41) is 2.62. The molecule has 0 spiro atoms. The fourth-order valence-corrected chi connectivity index (χ4v) is 1.55. The number of methoxy groups -OCH3 is 2. The van der Waals surface area contributed by atoms with Crippen LogP contribution in [-0.2, 0) is 24.8 Å². The number of ether oxygens (including phenoxy) is 2. The molecule has 0 unspecified atom stereocenters. The number of rotatable bonds is 5. The average molecular weight is 237 g/mol. The van der Waals surface area contributed by atoms with Crippen LogP contribution in [0.5, 0.6) is 0 Å². The van der Waals surface area contributed by atoms with Gasteiger partial charge >= 0.3 is 0 Å². The second-order valence-corrected chi connectivity index (χ2v) is 3.42. The van der Waals surface area contributed by atoms with E-state index in [9.17, 15) is 9.59 Å². The van der Waals surface area contributed by atoms with E-state index in [1.807, 2.05) is 0 Å². The van der Waals surface area contributed by atoms with E-state index in [1.165, 1.54) is 21.1 Å². The number of hydrogen-bond donors (Lipinski definition) is 1. The zero-order valence-electron chi connectivity index (χ0n) is 10.0. The highest BCUT2D eigenvalue weighted by atomic mass is 16.7. The molecule has 0 bridgehead atoms. The zero-order chi connectivity index (χ0) is 12.9. The van der Waals surface area contributed by atoms with Gasteiger partial charge in [0, 0.05) is 32.4 Å². The topological polar surface area (TPSA) is 64.6 Å². The molecular weight excluding hydrogens is 222 g/mol. The summed E-state index contributed by atoms with van der Waals surface area (Å²) >= 11 is 0. The molecule has 0 aliphatic carbocycles. The molecule has 1 aromatic carbocycles. The maximum absolute atomic E-state index is 11.2. The van der Waals surface area contributed by atoms with E-state index in [0.717, 1.165) is 0 Å². The highest BCUT2D eigenvalue weighted by molar-refractivity contribution is 5.90. The molecule has 0 aliphatic rings. The standard InChI is InChI=1S/C12H15NO4/c1-9(15)13-11-7-5-4-6-10(11)12(8-14,16-2)17-3/h4-8H,1-3H3,(H,13,15). The van der Waals surface area contributed by atoms with E-state index in [1.54, 1.807) is 24.3 Å². The second kappa shape index (κ2) is 5.56. The molecular formula is C12H15NO4. The van der Waals surface area contributed by atoms with Crippen LogP contribution in [0.25, 0.3) is 0 Å². The number of carbonyl (C=O) groups excluding carboxylic acids is 2. The third-order valence-corrected chi connectivity index (χ3v) is 2.37. The Morgan fingerprint density at radius 1 is 1.29 bits per heavy atom. The lowest BCUT2D eigenvalue weighted by molar-refractivity contribution is -0.201. The Bertz CT molecular complexity index is 413. The summed E-state index contributed by atoms with van der Waals surface area (Å²) in [5.74, 6) is -1.73. The number of amides is 1. The van der Waals surface area contributed by atoms with Gasteiger partial charge in [0.05, 0.1) is 0 Å². The van der Waals surface area contributed by atoms with Gasteiger partial charge in [-0.15, -0.1) is 0 Å². The molecule has 1 rings (SSSR count). The Labute approximate surface area is 99.7 Å². The van der Waals surface area contributed by atoms with Gasteiger partial charge in [0.2, 0.25) is 5.91 Å². The van der Waals surface area contributed by atoms with E-state index in [4.69, 9.17) is 9.47 Å². The first-order valence-corrected chi connectivity index (χ1v) is 5.03. The second-order valence-electron chi connectivity index (χ2n) is 3.42. The Balaban J connectivity index is 3.27. The maximum Gasteiger partial charge on any atom is 0.254 e. The third-order valence-electron chi connectivity index (χ3n) is 2.37. The van der Waals surface area contributed by atoms with Crippen LogP contribution in [0, 0.1) is 0 Å². The summed E-state index contributed by atoms with van der Waals surface area (Å²) in [6.45, 7) is 1.39. The van der Waals surface area contributed by atoms with Gasteiger partial charge < -0.3 is 14.8 Å². The van der Waals surface area contributed by atoms with Crippen molar-refractivity contribution in [2.24, 2.45) is 0 Å². The van der Waals surface area contributed by atoms with E-state index >= 15 is 0 Å². The number of aldehydes is 1. The molecule has 0 saturated heterocycles. The van der Waals surface area contributed by atoms with Crippen LogP contribution in [-0.4, -0.2) is 26.4 Å². The molecule has 0 atom stereocenters. The van der Waals surface area contributed by atoms with Crippen LogP contribution >= 0.6 is 0 Å². The SMILES string of the molecule is COC(C=O)(OC)c1ccccc1NC(C)=O. The molecule has 1 N–H and O–H groups in total. The fourth-order valence-electron chi connectivity index (χ4n) is 1.55. The van der Waals surface area contributed by atoms with Crippen molar-refractivity contribution in [3.8, 4) is 0 Å². The fraction of sp³-hybridized carbons (Fsp3) is 0.333. The first-order chi connectivity index (χ1) is 8.09. The van der Waals surface area contributed by atoms with Crippen molar-refractivity contribution in [3.05, 3.63) is 29.8 Å². The van der Waals surface area contributed by atoms with Crippen molar-refractivity contribution in [2.75, 3.05) is 19.5 Å². The minimum Gasteiger partial charge on any atom is -0.343 e. The number of hydrogen-bond acceptors (Lipinski definition) is 4. The van der Waals surface area contributed by atoms with Gasteiger partial charge in [-0.1, -0.05) is 18.2 Å². The third kappa shape index (κ3) is 2.69. The van der Waals surface area contributed by atoms with E-state index < -0.39 is 5.79 Å². The number of nitrogens with one attached hydrogen (secondary N) is 1. The predicted molar refractivity (Wildman–Crippen MR) is 62.5 cm³/mol. The first kappa shape index (κ1) is 13.3. The Hall–Kier alpha value is -1.72. The minimum atomic E-state index is -1.50. The largest absolute Gasteiger partial charge is 0.343 e. The zero-order valence-corrected chi connectivity index (χ0v) is 10.0. The molecule has 0 heterocycles. The van der Waals surface area contributed by atoms with Crippen LogP contribution in [0.2, 0.25) is 0 Å². The van der Waals surface area contributed by atoms with Crippen LogP contribution in [0.3, 0.4) is 0 Å². The molecule has 1 aromatic rings. The van der Waals surface area contributed by atoms with Gasteiger partial charge in [0.15, 0.2) is 6.29 Å². The van der Waals surface area contributed by atoms with Crippen LogP contribution < -0.4 is 5.32 Å². The molecule has 1 amide bonds. The van der Waals surface area contributed by atoms with E-state index in [-0.39, 0.29) is 5.91 Å². The van der Waals surface area contributed by atoms with Gasteiger partial charge in [0.25, 0.3) is 5.79 Å². The molecule has 92 valence electrons. The smallest absolute Gasteiger partial charge is 0.254 e. The predicted octanol–water partition coefficient (Wildman–Crippen LogP) is 1.29. The average Bonchev–Trinajstić information content (AvgIpc) is 2.33. The highest BCUT2D eigenvalue weighted by Gasteiger charge is 2.34. The number of carbonyl (C=O) groups is 2. The molecule has 0 fully saturated rings. The molecule has 0 saturated carbocycles. The van der Waals surface area contributed by atoms with Crippen molar-refractivity contribution in [1.29, 1.82) is 0 Å². The summed E-state index contributed by atoms with van der Waals surface area (Å²) in [6.07, 6.45) is 0.549. The Morgan fingerprint density at radius 2 is 1.88 bits per heavy atom. The molecule has 0 aromatic heterocycles. The maximum atomic E-state index is 11.2. The van der Waals surface area contributed by atoms with Gasteiger partial charge in [-0.25, -0.2) is 0 Å². The Morgan fingerprint density at radius 3 is 2.35 bits per heavy atom. The van der Waals surface area contributed by atoms with Crippen molar-refractivity contribution < 1.29 is 19.1 Å². The van der Waals surface area contributed by atoms with Crippen LogP contribution in [0.4, 0.5) is 5.69 Å². The lowest BCUT2D eigenvalue weighted by Crippen LogP contribution is -2.33. The lowest BCUT2D eigenvalue weighted by Gasteiger charge is -2.27. The van der Waals surface area contributed by atoms with Crippen molar-refractivity contribution in [3.63, 3.8) is 0 Å². The van der Waals surface area contributed by atoms with Crippen molar-refractivity contribution in [2.45, 2.75) is 12.7 Å². The molecule has 0 radical (unpaired) electrons. The van der Waals surface area contributed by atoms with E-state index in [2.05, 4.69) is 5.32 Å². The van der Waals surface area contributed by atoms with Crippen LogP contribution in [0.1, 0.15) is 12.5 Å². The Kier molecular flexibility index (Phi) is 4.37. The van der Waals surface area contributed by atoms with Crippen molar-refractivity contribution >= 4 is 17.9 Å². The lowest BCUT2D eigenvalue weighted by atomic mass is 10.0. The highest BCUT2D eigenvalue weighted by Crippen LogP contribution is 2.30. The number of para-hydroxylation sites is 1. The van der Waals surface area contributed by atoms with E-state index in [0.29, 0.717) is 17.5 Å². The van der Waals surface area contributed by atoms with Gasteiger partial charge in [0.1, 0.15) is 0 Å². The molecule has 0 aliphatic heterocycles. The summed E-state index contributed by atoms with van der Waals surface area (Å²) in [6, 6.07) is 6.81. The summed E-state index contributed by atoms with van der Waals surface area (Å²) in [4.78, 5) is 22.2. The number of benzene rings is 1. The van der Waals surface area contributed by atoms with Gasteiger partial charge in [-0.2, -0.15) is 0 Å². The first-order valence-electron chi connectivity index (χ1n) is 5.03. The normalized spacial score (nSPS) is 11.0. The van der Waals surface area contributed by atoms with Crippen LogP contribution in [0.15, 0.2) is 24.3 Å². The monoisotopic (exact) mass is 237 g/mol. The van der Waals surface area contributed by atoms with Crippen molar-refractivity contribution in [1.82, 2.24) is 0 Å². The minimum absolute atomic E-state index is 0.232. The summed E-state index contributed by atoms with van der Waals surface area (Å²) in [7, 11) is 2.73. The molecule has 17 heavy (non-hydrogen) atoms. The molecule has 5 nitrogen and oxygen atoms in total. The van der Waals surface area contributed by atoms with Gasteiger partial charge in [-0.3, -0.25) is 9.59 Å².